The fourth-order valence-corrected chi connectivity index (χ4v) is 1.61. The Labute approximate surface area is 105 Å². The van der Waals surface area contributed by atoms with Crippen LogP contribution in [-0.2, 0) is 0 Å². The van der Waals surface area contributed by atoms with E-state index in [9.17, 15) is 4.39 Å². The number of halogens is 1. The van der Waals surface area contributed by atoms with Crippen LogP contribution in [0.3, 0.4) is 0 Å². The van der Waals surface area contributed by atoms with Crippen molar-refractivity contribution in [1.82, 2.24) is 9.97 Å². The number of nitrogens with zero attached hydrogens (tertiary/aromatic N) is 2. The van der Waals surface area contributed by atoms with Crippen molar-refractivity contribution in [1.29, 1.82) is 0 Å². The molecule has 18 heavy (non-hydrogen) atoms. The third kappa shape index (κ3) is 2.81. The molecule has 0 saturated heterocycles. The monoisotopic (exact) mass is 246 g/mol. The molecule has 0 aliphatic rings. The predicted molar refractivity (Wildman–Crippen MR) is 68.6 cm³/mol. The van der Waals surface area contributed by atoms with Gasteiger partial charge in [0.1, 0.15) is 6.33 Å². The average Bonchev–Trinajstić information content (AvgIpc) is 2.41. The first kappa shape index (κ1) is 12.4. The number of rotatable bonds is 4. The van der Waals surface area contributed by atoms with E-state index in [2.05, 4.69) is 15.3 Å². The molecule has 0 radical (unpaired) electrons. The van der Waals surface area contributed by atoms with Gasteiger partial charge in [-0.05, 0) is 12.5 Å². The maximum Gasteiger partial charge on any atom is 0.186 e. The van der Waals surface area contributed by atoms with Crippen LogP contribution in [0, 0.1) is 12.7 Å². The number of anilines is 1. The lowest BCUT2D eigenvalue weighted by molar-refractivity contribution is 0.602. The van der Waals surface area contributed by atoms with Crippen molar-refractivity contribution in [3.8, 4) is 0 Å². The number of hydrogen-bond donors (Lipinski definition) is 2. The second-order valence-electron chi connectivity index (χ2n) is 4.02. The fraction of sp³-hybridized carbons (Fsp3) is 0.231. The minimum Gasteiger partial charge on any atom is -0.366 e. The standard InChI is InChI=1S/C13H15FN4/c1-9-12(14)13(18-8-17-9)16-7-11(15)10-5-3-2-4-6-10/h2-6,8,11H,7,15H2,1H3,(H,16,17,18). The van der Waals surface area contributed by atoms with Crippen molar-refractivity contribution >= 4 is 5.82 Å². The zero-order valence-corrected chi connectivity index (χ0v) is 10.1. The van der Waals surface area contributed by atoms with Gasteiger partial charge in [-0.3, -0.25) is 0 Å². The van der Waals surface area contributed by atoms with E-state index in [1.165, 1.54) is 6.33 Å². The third-order valence-electron chi connectivity index (χ3n) is 2.68. The van der Waals surface area contributed by atoms with E-state index in [0.29, 0.717) is 12.2 Å². The minimum atomic E-state index is -0.433. The molecule has 0 aliphatic heterocycles. The summed E-state index contributed by atoms with van der Waals surface area (Å²) in [6, 6.07) is 9.44. The van der Waals surface area contributed by atoms with Crippen molar-refractivity contribution < 1.29 is 4.39 Å². The van der Waals surface area contributed by atoms with Gasteiger partial charge in [0.25, 0.3) is 0 Å². The average molecular weight is 246 g/mol. The molecule has 1 unspecified atom stereocenters. The van der Waals surface area contributed by atoms with Gasteiger partial charge in [0.15, 0.2) is 11.6 Å². The summed E-state index contributed by atoms with van der Waals surface area (Å²) in [6.07, 6.45) is 1.33. The highest BCUT2D eigenvalue weighted by Crippen LogP contribution is 2.14. The van der Waals surface area contributed by atoms with Crippen LogP contribution in [0.25, 0.3) is 0 Å². The van der Waals surface area contributed by atoms with Crippen molar-refractivity contribution in [3.05, 3.63) is 53.7 Å². The Morgan fingerprint density at radius 1 is 1.28 bits per heavy atom. The summed E-state index contributed by atoms with van der Waals surface area (Å²) < 4.78 is 13.6. The molecule has 1 aromatic heterocycles. The molecule has 0 fully saturated rings. The van der Waals surface area contributed by atoms with Crippen LogP contribution < -0.4 is 11.1 Å². The maximum atomic E-state index is 13.6. The zero-order chi connectivity index (χ0) is 13.0. The highest BCUT2D eigenvalue weighted by Gasteiger charge is 2.10. The van der Waals surface area contributed by atoms with E-state index in [0.717, 1.165) is 5.56 Å². The molecule has 94 valence electrons. The number of benzene rings is 1. The van der Waals surface area contributed by atoms with Crippen LogP contribution in [0.4, 0.5) is 10.2 Å². The molecule has 1 atom stereocenters. The van der Waals surface area contributed by atoms with Crippen LogP contribution in [0.2, 0.25) is 0 Å². The molecular weight excluding hydrogens is 231 g/mol. The fourth-order valence-electron chi connectivity index (χ4n) is 1.61. The van der Waals surface area contributed by atoms with E-state index < -0.39 is 5.82 Å². The highest BCUT2D eigenvalue weighted by atomic mass is 19.1. The van der Waals surface area contributed by atoms with Crippen LogP contribution >= 0.6 is 0 Å². The second kappa shape index (κ2) is 5.55. The molecule has 4 nitrogen and oxygen atoms in total. The smallest absolute Gasteiger partial charge is 0.186 e. The van der Waals surface area contributed by atoms with Crippen LogP contribution in [0.1, 0.15) is 17.3 Å². The van der Waals surface area contributed by atoms with E-state index in [4.69, 9.17) is 5.73 Å². The van der Waals surface area contributed by atoms with Gasteiger partial charge in [0, 0.05) is 12.6 Å². The molecule has 5 heteroatoms. The Kier molecular flexibility index (Phi) is 3.84. The summed E-state index contributed by atoms with van der Waals surface area (Å²) >= 11 is 0. The van der Waals surface area contributed by atoms with Crippen molar-refractivity contribution in [3.63, 3.8) is 0 Å². The first-order valence-electron chi connectivity index (χ1n) is 5.70. The van der Waals surface area contributed by atoms with Crippen LogP contribution in [0.5, 0.6) is 0 Å². The first-order valence-corrected chi connectivity index (χ1v) is 5.70. The first-order chi connectivity index (χ1) is 8.68. The summed E-state index contributed by atoms with van der Waals surface area (Å²) in [4.78, 5) is 7.62. The van der Waals surface area contributed by atoms with Gasteiger partial charge in [-0.2, -0.15) is 0 Å². The number of nitrogens with two attached hydrogens (primary N) is 1. The summed E-state index contributed by atoms with van der Waals surface area (Å²) in [5.41, 5.74) is 7.32. The summed E-state index contributed by atoms with van der Waals surface area (Å²) in [5.74, 6) is -0.244. The van der Waals surface area contributed by atoms with Gasteiger partial charge in [0.05, 0.1) is 5.69 Å². The van der Waals surface area contributed by atoms with Gasteiger partial charge in [-0.1, -0.05) is 30.3 Å². The van der Waals surface area contributed by atoms with Gasteiger partial charge in [0.2, 0.25) is 0 Å². The maximum absolute atomic E-state index is 13.6. The Morgan fingerprint density at radius 2 is 2.00 bits per heavy atom. The summed E-state index contributed by atoms with van der Waals surface area (Å²) in [5, 5.41) is 2.90. The SMILES string of the molecule is Cc1ncnc(NCC(N)c2ccccc2)c1F. The highest BCUT2D eigenvalue weighted by molar-refractivity contribution is 5.37. The Bertz CT molecular complexity index is 516. The molecule has 1 aromatic carbocycles. The topological polar surface area (TPSA) is 63.8 Å². The Morgan fingerprint density at radius 3 is 2.72 bits per heavy atom. The largest absolute Gasteiger partial charge is 0.366 e. The second-order valence-corrected chi connectivity index (χ2v) is 4.02. The van der Waals surface area contributed by atoms with Gasteiger partial charge in [-0.15, -0.1) is 0 Å². The van der Waals surface area contributed by atoms with Gasteiger partial charge in [-0.25, -0.2) is 14.4 Å². The number of aryl methyl sites for hydroxylation is 1. The van der Waals surface area contributed by atoms with Gasteiger partial charge >= 0.3 is 0 Å². The van der Waals surface area contributed by atoms with E-state index in [1.54, 1.807) is 6.92 Å². The quantitative estimate of drug-likeness (QED) is 0.866. The van der Waals surface area contributed by atoms with E-state index in [-0.39, 0.29) is 11.9 Å². The number of nitrogens with one attached hydrogen (secondary N) is 1. The van der Waals surface area contributed by atoms with Crippen LogP contribution in [-0.4, -0.2) is 16.5 Å². The van der Waals surface area contributed by atoms with E-state index in [1.807, 2.05) is 30.3 Å². The Hall–Kier alpha value is -2.01. The summed E-state index contributed by atoms with van der Waals surface area (Å²) in [7, 11) is 0. The normalized spacial score (nSPS) is 12.2. The molecule has 2 rings (SSSR count). The molecule has 0 aliphatic carbocycles. The Balaban J connectivity index is 2.02. The molecule has 2 aromatic rings. The van der Waals surface area contributed by atoms with Crippen LogP contribution in [0.15, 0.2) is 36.7 Å². The van der Waals surface area contributed by atoms with Gasteiger partial charge < -0.3 is 11.1 Å². The molecule has 1 heterocycles. The molecule has 0 bridgehead atoms. The lowest BCUT2D eigenvalue weighted by atomic mass is 10.1. The number of hydrogen-bond acceptors (Lipinski definition) is 4. The predicted octanol–water partition coefficient (Wildman–Crippen LogP) is 2.04. The molecule has 0 spiro atoms. The zero-order valence-electron chi connectivity index (χ0n) is 10.1. The lowest BCUT2D eigenvalue weighted by Crippen LogP contribution is -2.21. The minimum absolute atomic E-state index is 0.189. The molecule has 0 amide bonds. The third-order valence-corrected chi connectivity index (χ3v) is 2.68. The lowest BCUT2D eigenvalue weighted by Gasteiger charge is -2.14. The molecular formula is C13H15FN4. The molecule has 3 N–H and O–H groups in total. The summed E-state index contributed by atoms with van der Waals surface area (Å²) in [6.45, 7) is 2.01. The van der Waals surface area contributed by atoms with E-state index >= 15 is 0 Å². The molecule has 0 saturated carbocycles. The van der Waals surface area contributed by atoms with Crippen molar-refractivity contribution in [2.45, 2.75) is 13.0 Å². The van der Waals surface area contributed by atoms with Crippen molar-refractivity contribution in [2.75, 3.05) is 11.9 Å². The van der Waals surface area contributed by atoms with Crippen molar-refractivity contribution in [2.24, 2.45) is 5.73 Å². The number of aromatic nitrogens is 2.